The molecule has 1 saturated heterocycles. The van der Waals surface area contributed by atoms with Crippen LogP contribution in [0.5, 0.6) is 0 Å². The molecule has 1 N–H and O–H groups in total. The Kier molecular flexibility index (Phi) is 4.79. The second-order valence-electron chi connectivity index (χ2n) is 4.73. The van der Waals surface area contributed by atoms with E-state index in [1.807, 2.05) is 24.2 Å². The Labute approximate surface area is 114 Å². The van der Waals surface area contributed by atoms with E-state index in [0.29, 0.717) is 6.54 Å². The fourth-order valence-corrected chi connectivity index (χ4v) is 2.35. The van der Waals surface area contributed by atoms with Crippen molar-refractivity contribution < 1.29 is 4.79 Å². The third kappa shape index (κ3) is 3.47. The molecule has 1 aliphatic rings. The second kappa shape index (κ2) is 6.56. The van der Waals surface area contributed by atoms with Gasteiger partial charge in [0.2, 0.25) is 0 Å². The normalized spacial score (nSPS) is 16.6. The maximum absolute atomic E-state index is 11.7. The van der Waals surface area contributed by atoms with Crippen molar-refractivity contribution >= 4 is 6.03 Å². The second-order valence-corrected chi connectivity index (χ2v) is 4.73. The highest BCUT2D eigenvalue weighted by atomic mass is 16.2. The van der Waals surface area contributed by atoms with Gasteiger partial charge in [-0.15, -0.1) is 0 Å². The summed E-state index contributed by atoms with van der Waals surface area (Å²) in [5.74, 6) is 1.11. The lowest BCUT2D eigenvalue weighted by Gasteiger charge is -2.34. The Morgan fingerprint density at radius 2 is 2.05 bits per heavy atom. The molecule has 0 spiro atoms. The predicted molar refractivity (Wildman–Crippen MR) is 73.8 cm³/mol. The zero-order valence-electron chi connectivity index (χ0n) is 11.8. The predicted octanol–water partition coefficient (Wildman–Crippen LogP) is 0.750. The molecule has 2 heterocycles. The number of rotatable bonds is 4. The van der Waals surface area contributed by atoms with Crippen LogP contribution in [-0.4, -0.2) is 58.1 Å². The van der Waals surface area contributed by atoms with Gasteiger partial charge in [-0.3, -0.25) is 4.90 Å². The molecule has 1 fully saturated rings. The van der Waals surface area contributed by atoms with Crippen LogP contribution in [0.3, 0.4) is 0 Å². The average Bonchev–Trinajstić information content (AvgIpc) is 2.87. The van der Waals surface area contributed by atoms with Crippen molar-refractivity contribution in [2.24, 2.45) is 0 Å². The molecule has 6 heteroatoms. The highest BCUT2D eigenvalue weighted by Crippen LogP contribution is 2.07. The molecule has 106 valence electrons. The van der Waals surface area contributed by atoms with Crippen molar-refractivity contribution in [1.82, 2.24) is 24.7 Å². The van der Waals surface area contributed by atoms with Crippen molar-refractivity contribution in [2.45, 2.75) is 26.9 Å². The van der Waals surface area contributed by atoms with E-state index in [4.69, 9.17) is 0 Å². The van der Waals surface area contributed by atoms with Gasteiger partial charge in [-0.2, -0.15) is 0 Å². The molecule has 0 saturated carbocycles. The number of nitrogens with one attached hydrogen (secondary N) is 1. The molecular formula is C13H23N5O. The van der Waals surface area contributed by atoms with Gasteiger partial charge in [-0.1, -0.05) is 0 Å². The molecular weight excluding hydrogens is 242 g/mol. The van der Waals surface area contributed by atoms with Crippen molar-refractivity contribution in [3.8, 4) is 0 Å². The summed E-state index contributed by atoms with van der Waals surface area (Å²) in [6.45, 7) is 9.97. The molecule has 1 aliphatic heterocycles. The van der Waals surface area contributed by atoms with Crippen LogP contribution < -0.4 is 5.32 Å². The Morgan fingerprint density at radius 1 is 1.32 bits per heavy atom. The molecule has 0 aliphatic carbocycles. The van der Waals surface area contributed by atoms with Gasteiger partial charge in [-0.05, 0) is 13.8 Å². The van der Waals surface area contributed by atoms with Gasteiger partial charge in [0.25, 0.3) is 0 Å². The minimum Gasteiger partial charge on any atom is -0.338 e. The first-order valence-electron chi connectivity index (χ1n) is 6.99. The van der Waals surface area contributed by atoms with Crippen LogP contribution in [0, 0.1) is 0 Å². The van der Waals surface area contributed by atoms with E-state index in [1.165, 1.54) is 0 Å². The maximum Gasteiger partial charge on any atom is 0.317 e. The van der Waals surface area contributed by atoms with Crippen LogP contribution in [0.15, 0.2) is 12.4 Å². The third-order valence-electron chi connectivity index (χ3n) is 3.49. The minimum atomic E-state index is 0.0530. The molecule has 2 amide bonds. The fraction of sp³-hybridized carbons (Fsp3) is 0.692. The zero-order valence-corrected chi connectivity index (χ0v) is 11.8. The Hall–Kier alpha value is -1.56. The van der Waals surface area contributed by atoms with Crippen molar-refractivity contribution in [2.75, 3.05) is 32.7 Å². The Bertz CT molecular complexity index is 409. The van der Waals surface area contributed by atoms with Gasteiger partial charge < -0.3 is 14.8 Å². The van der Waals surface area contributed by atoms with Gasteiger partial charge in [0.05, 0.1) is 6.54 Å². The lowest BCUT2D eigenvalue weighted by molar-refractivity contribution is 0.133. The van der Waals surface area contributed by atoms with E-state index >= 15 is 0 Å². The van der Waals surface area contributed by atoms with Crippen molar-refractivity contribution in [1.29, 1.82) is 0 Å². The first-order valence-corrected chi connectivity index (χ1v) is 6.99. The number of hydrogen-bond donors (Lipinski definition) is 1. The minimum absolute atomic E-state index is 0.0530. The summed E-state index contributed by atoms with van der Waals surface area (Å²) in [5, 5.41) is 2.85. The fourth-order valence-electron chi connectivity index (χ4n) is 2.35. The van der Waals surface area contributed by atoms with Gasteiger partial charge in [0.15, 0.2) is 0 Å². The summed E-state index contributed by atoms with van der Waals surface area (Å²) < 4.78 is 2.16. The number of carbonyl (C=O) groups is 1. The molecule has 0 unspecified atom stereocenters. The van der Waals surface area contributed by atoms with E-state index in [2.05, 4.69) is 26.7 Å². The number of urea groups is 1. The van der Waals surface area contributed by atoms with E-state index in [0.717, 1.165) is 45.1 Å². The summed E-state index contributed by atoms with van der Waals surface area (Å²) >= 11 is 0. The summed E-state index contributed by atoms with van der Waals surface area (Å²) in [6.07, 6.45) is 3.87. The molecule has 1 aromatic rings. The van der Waals surface area contributed by atoms with Crippen LogP contribution in [0.2, 0.25) is 0 Å². The zero-order chi connectivity index (χ0) is 13.7. The average molecular weight is 265 g/mol. The molecule has 0 atom stereocenters. The number of aryl methyl sites for hydroxylation is 1. The lowest BCUT2D eigenvalue weighted by Crippen LogP contribution is -2.51. The van der Waals surface area contributed by atoms with E-state index in [-0.39, 0.29) is 6.03 Å². The highest BCUT2D eigenvalue weighted by molar-refractivity contribution is 5.74. The SMILES string of the molecule is CCNC(=O)N1CCN(Cc2nccn2CC)CC1. The molecule has 1 aromatic heterocycles. The molecule has 2 rings (SSSR count). The van der Waals surface area contributed by atoms with E-state index in [1.54, 1.807) is 0 Å². The highest BCUT2D eigenvalue weighted by Gasteiger charge is 2.21. The number of imidazole rings is 1. The lowest BCUT2D eigenvalue weighted by atomic mass is 10.3. The van der Waals surface area contributed by atoms with Gasteiger partial charge in [-0.25, -0.2) is 9.78 Å². The van der Waals surface area contributed by atoms with Gasteiger partial charge in [0.1, 0.15) is 5.82 Å². The Balaban J connectivity index is 1.82. The van der Waals surface area contributed by atoms with Crippen LogP contribution in [0.4, 0.5) is 4.79 Å². The van der Waals surface area contributed by atoms with Crippen molar-refractivity contribution in [3.05, 3.63) is 18.2 Å². The molecule has 19 heavy (non-hydrogen) atoms. The number of hydrogen-bond acceptors (Lipinski definition) is 3. The third-order valence-corrected chi connectivity index (χ3v) is 3.49. The number of carbonyl (C=O) groups excluding carboxylic acids is 1. The Morgan fingerprint density at radius 3 is 2.68 bits per heavy atom. The summed E-state index contributed by atoms with van der Waals surface area (Å²) in [4.78, 5) is 20.3. The van der Waals surface area contributed by atoms with Gasteiger partial charge in [0, 0.05) is 51.7 Å². The summed E-state index contributed by atoms with van der Waals surface area (Å²) in [5.41, 5.74) is 0. The van der Waals surface area contributed by atoms with Crippen molar-refractivity contribution in [3.63, 3.8) is 0 Å². The molecule has 0 aromatic carbocycles. The largest absolute Gasteiger partial charge is 0.338 e. The van der Waals surface area contributed by atoms with Crippen LogP contribution in [0.25, 0.3) is 0 Å². The quantitative estimate of drug-likeness (QED) is 0.874. The maximum atomic E-state index is 11.7. The molecule has 0 bridgehead atoms. The van der Waals surface area contributed by atoms with Crippen LogP contribution in [0.1, 0.15) is 19.7 Å². The first-order chi connectivity index (χ1) is 9.24. The van der Waals surface area contributed by atoms with Crippen LogP contribution in [-0.2, 0) is 13.1 Å². The van der Waals surface area contributed by atoms with Crippen LogP contribution >= 0.6 is 0 Å². The summed E-state index contributed by atoms with van der Waals surface area (Å²) in [6, 6.07) is 0.0530. The van der Waals surface area contributed by atoms with Gasteiger partial charge >= 0.3 is 6.03 Å². The number of amides is 2. The number of piperazine rings is 1. The summed E-state index contributed by atoms with van der Waals surface area (Å²) in [7, 11) is 0. The van der Waals surface area contributed by atoms with E-state index < -0.39 is 0 Å². The molecule has 6 nitrogen and oxygen atoms in total. The monoisotopic (exact) mass is 265 g/mol. The first kappa shape index (κ1) is 13.9. The standard InChI is InChI=1S/C13H23N5O/c1-3-14-13(19)18-9-7-16(8-10-18)11-12-15-5-6-17(12)4-2/h5-6H,3-4,7-11H2,1-2H3,(H,14,19). The topological polar surface area (TPSA) is 53.4 Å². The van der Waals surface area contributed by atoms with E-state index in [9.17, 15) is 4.79 Å². The smallest absolute Gasteiger partial charge is 0.317 e. The number of nitrogens with zero attached hydrogens (tertiary/aromatic N) is 4. The molecule has 0 radical (unpaired) electrons. The number of aromatic nitrogens is 2.